The summed E-state index contributed by atoms with van der Waals surface area (Å²) in [5.41, 5.74) is 6.35. The number of ether oxygens (including phenoxy) is 1. The fourth-order valence-electron chi connectivity index (χ4n) is 2.93. The van der Waals surface area contributed by atoms with E-state index in [-0.39, 0.29) is 5.91 Å². The van der Waals surface area contributed by atoms with Gasteiger partial charge in [0.25, 0.3) is 0 Å². The Bertz CT molecular complexity index is 443. The van der Waals surface area contributed by atoms with Crippen LogP contribution in [0.15, 0.2) is 24.3 Å². The fraction of sp³-hybridized carbons (Fsp3) is 0.588. The number of nitrogens with zero attached hydrogens (tertiary/aromatic N) is 1. The molecule has 0 aliphatic carbocycles. The van der Waals surface area contributed by atoms with E-state index in [1.54, 1.807) is 12.1 Å². The van der Waals surface area contributed by atoms with Crippen LogP contribution in [0.3, 0.4) is 0 Å². The van der Waals surface area contributed by atoms with E-state index < -0.39 is 0 Å². The number of hydrogen-bond acceptors (Lipinski definition) is 3. The van der Waals surface area contributed by atoms with Gasteiger partial charge in [-0.15, -0.1) is 0 Å². The SMILES string of the molecule is CCCC1CCCCN1C(=O)CCOc1ccc(N)cc1. The number of nitrogen functional groups attached to an aromatic ring is 1. The molecule has 0 bridgehead atoms. The first kappa shape index (κ1) is 15.7. The maximum atomic E-state index is 12.4. The van der Waals surface area contributed by atoms with Crippen LogP contribution in [-0.4, -0.2) is 30.0 Å². The van der Waals surface area contributed by atoms with Gasteiger partial charge in [0.1, 0.15) is 5.75 Å². The van der Waals surface area contributed by atoms with Gasteiger partial charge in [0.15, 0.2) is 0 Å². The van der Waals surface area contributed by atoms with Crippen LogP contribution in [0.4, 0.5) is 5.69 Å². The molecule has 0 saturated carbocycles. The number of rotatable bonds is 6. The van der Waals surface area contributed by atoms with Crippen molar-refractivity contribution < 1.29 is 9.53 Å². The summed E-state index contributed by atoms with van der Waals surface area (Å²) in [5, 5.41) is 0. The van der Waals surface area contributed by atoms with E-state index in [1.807, 2.05) is 12.1 Å². The number of nitrogens with two attached hydrogens (primary N) is 1. The van der Waals surface area contributed by atoms with Gasteiger partial charge in [0.2, 0.25) is 5.91 Å². The molecular weight excluding hydrogens is 264 g/mol. The molecule has 21 heavy (non-hydrogen) atoms. The summed E-state index contributed by atoms with van der Waals surface area (Å²) in [6.07, 6.45) is 6.23. The standard InChI is InChI=1S/C17H26N2O2/c1-2-5-15-6-3-4-12-19(15)17(20)11-13-21-16-9-7-14(18)8-10-16/h7-10,15H,2-6,11-13,18H2,1H3. The molecule has 1 fully saturated rings. The molecule has 1 unspecified atom stereocenters. The summed E-state index contributed by atoms with van der Waals surface area (Å²) in [6, 6.07) is 7.71. The number of hydrogen-bond donors (Lipinski definition) is 1. The van der Waals surface area contributed by atoms with Crippen LogP contribution in [0.5, 0.6) is 5.75 Å². The third-order valence-corrected chi connectivity index (χ3v) is 4.03. The zero-order valence-electron chi connectivity index (χ0n) is 12.9. The van der Waals surface area contributed by atoms with Gasteiger partial charge in [-0.25, -0.2) is 0 Å². The molecule has 116 valence electrons. The van der Waals surface area contributed by atoms with E-state index in [0.29, 0.717) is 24.8 Å². The van der Waals surface area contributed by atoms with Crippen molar-refractivity contribution >= 4 is 11.6 Å². The number of amides is 1. The highest BCUT2D eigenvalue weighted by Gasteiger charge is 2.25. The Kier molecular flexibility index (Phi) is 5.90. The van der Waals surface area contributed by atoms with Crippen molar-refractivity contribution in [2.24, 2.45) is 0 Å². The Labute approximate surface area is 127 Å². The normalized spacial score (nSPS) is 18.5. The number of benzene rings is 1. The second kappa shape index (κ2) is 7.91. The summed E-state index contributed by atoms with van der Waals surface area (Å²) < 4.78 is 5.61. The highest BCUT2D eigenvalue weighted by molar-refractivity contribution is 5.76. The lowest BCUT2D eigenvalue weighted by Crippen LogP contribution is -2.44. The monoisotopic (exact) mass is 290 g/mol. The Balaban J connectivity index is 1.78. The van der Waals surface area contributed by atoms with E-state index >= 15 is 0 Å². The van der Waals surface area contributed by atoms with Gasteiger partial charge in [-0.05, 0) is 49.9 Å². The van der Waals surface area contributed by atoms with Crippen molar-refractivity contribution in [2.75, 3.05) is 18.9 Å². The molecule has 1 aliphatic rings. The molecule has 1 amide bonds. The molecule has 1 heterocycles. The molecule has 1 saturated heterocycles. The van der Waals surface area contributed by atoms with E-state index in [1.165, 1.54) is 6.42 Å². The van der Waals surface area contributed by atoms with Crippen molar-refractivity contribution in [3.63, 3.8) is 0 Å². The molecule has 0 radical (unpaired) electrons. The van der Waals surface area contributed by atoms with Crippen molar-refractivity contribution in [2.45, 2.75) is 51.5 Å². The van der Waals surface area contributed by atoms with Gasteiger partial charge in [-0.2, -0.15) is 0 Å². The lowest BCUT2D eigenvalue weighted by Gasteiger charge is -2.35. The summed E-state index contributed by atoms with van der Waals surface area (Å²) in [5.74, 6) is 0.990. The van der Waals surface area contributed by atoms with Crippen molar-refractivity contribution in [1.82, 2.24) is 4.90 Å². The van der Waals surface area contributed by atoms with E-state index in [9.17, 15) is 4.79 Å². The Morgan fingerprint density at radius 2 is 2.10 bits per heavy atom. The molecule has 4 nitrogen and oxygen atoms in total. The van der Waals surface area contributed by atoms with Gasteiger partial charge in [-0.3, -0.25) is 4.79 Å². The molecule has 0 aromatic heterocycles. The third kappa shape index (κ3) is 4.66. The van der Waals surface area contributed by atoms with E-state index in [4.69, 9.17) is 10.5 Å². The summed E-state index contributed by atoms with van der Waals surface area (Å²) >= 11 is 0. The van der Waals surface area contributed by atoms with Gasteiger partial charge in [0, 0.05) is 18.3 Å². The average Bonchev–Trinajstić information content (AvgIpc) is 2.50. The number of piperidine rings is 1. The Hall–Kier alpha value is -1.71. The highest BCUT2D eigenvalue weighted by Crippen LogP contribution is 2.21. The first-order valence-electron chi connectivity index (χ1n) is 7.98. The lowest BCUT2D eigenvalue weighted by molar-refractivity contribution is -0.135. The van der Waals surface area contributed by atoms with Crippen LogP contribution in [-0.2, 0) is 4.79 Å². The quantitative estimate of drug-likeness (QED) is 0.818. The van der Waals surface area contributed by atoms with Crippen LogP contribution in [0, 0.1) is 0 Å². The molecule has 1 atom stereocenters. The van der Waals surface area contributed by atoms with Crippen molar-refractivity contribution in [3.05, 3.63) is 24.3 Å². The number of likely N-dealkylation sites (tertiary alicyclic amines) is 1. The van der Waals surface area contributed by atoms with Crippen molar-refractivity contribution in [3.8, 4) is 5.75 Å². The molecule has 2 N–H and O–H groups in total. The second-order valence-electron chi connectivity index (χ2n) is 5.69. The maximum Gasteiger partial charge on any atom is 0.226 e. The predicted octanol–water partition coefficient (Wildman–Crippen LogP) is 3.22. The number of carbonyl (C=O) groups excluding carboxylic acids is 1. The maximum absolute atomic E-state index is 12.4. The molecular formula is C17H26N2O2. The predicted molar refractivity (Wildman–Crippen MR) is 85.2 cm³/mol. The molecule has 1 aromatic carbocycles. The number of anilines is 1. The fourth-order valence-corrected chi connectivity index (χ4v) is 2.93. The first-order chi connectivity index (χ1) is 10.2. The summed E-state index contributed by atoms with van der Waals surface area (Å²) in [4.78, 5) is 14.4. The minimum atomic E-state index is 0.226. The Morgan fingerprint density at radius 1 is 1.33 bits per heavy atom. The van der Waals surface area contributed by atoms with Crippen LogP contribution < -0.4 is 10.5 Å². The van der Waals surface area contributed by atoms with Gasteiger partial charge < -0.3 is 15.4 Å². The first-order valence-corrected chi connectivity index (χ1v) is 7.98. The lowest BCUT2D eigenvalue weighted by atomic mass is 9.98. The van der Waals surface area contributed by atoms with E-state index in [0.717, 1.165) is 38.0 Å². The third-order valence-electron chi connectivity index (χ3n) is 4.03. The van der Waals surface area contributed by atoms with Gasteiger partial charge in [-0.1, -0.05) is 13.3 Å². The van der Waals surface area contributed by atoms with Crippen LogP contribution in [0.1, 0.15) is 45.4 Å². The minimum absolute atomic E-state index is 0.226. The zero-order chi connectivity index (χ0) is 15.1. The van der Waals surface area contributed by atoms with Gasteiger partial charge >= 0.3 is 0 Å². The molecule has 4 heteroatoms. The summed E-state index contributed by atoms with van der Waals surface area (Å²) in [6.45, 7) is 3.52. The Morgan fingerprint density at radius 3 is 2.81 bits per heavy atom. The van der Waals surface area contributed by atoms with Crippen LogP contribution in [0.25, 0.3) is 0 Å². The zero-order valence-corrected chi connectivity index (χ0v) is 12.9. The summed E-state index contributed by atoms with van der Waals surface area (Å²) in [7, 11) is 0. The van der Waals surface area contributed by atoms with Crippen LogP contribution in [0.2, 0.25) is 0 Å². The van der Waals surface area contributed by atoms with E-state index in [2.05, 4.69) is 11.8 Å². The molecule has 1 aliphatic heterocycles. The van der Waals surface area contributed by atoms with Gasteiger partial charge in [0.05, 0.1) is 13.0 Å². The average molecular weight is 290 g/mol. The minimum Gasteiger partial charge on any atom is -0.493 e. The van der Waals surface area contributed by atoms with Crippen LogP contribution >= 0.6 is 0 Å². The molecule has 2 rings (SSSR count). The second-order valence-corrected chi connectivity index (χ2v) is 5.69. The largest absolute Gasteiger partial charge is 0.493 e. The number of carbonyl (C=O) groups is 1. The topological polar surface area (TPSA) is 55.6 Å². The molecule has 0 spiro atoms. The van der Waals surface area contributed by atoms with Crippen molar-refractivity contribution in [1.29, 1.82) is 0 Å². The smallest absolute Gasteiger partial charge is 0.226 e. The highest BCUT2D eigenvalue weighted by atomic mass is 16.5. The molecule has 1 aromatic rings.